The first-order chi connectivity index (χ1) is 10.4. The van der Waals surface area contributed by atoms with E-state index in [9.17, 15) is 9.59 Å². The highest BCUT2D eigenvalue weighted by molar-refractivity contribution is 5.10. The molecule has 0 unspecified atom stereocenters. The predicted octanol–water partition coefficient (Wildman–Crippen LogP) is 0.889. The van der Waals surface area contributed by atoms with Gasteiger partial charge in [-0.15, -0.1) is 0 Å². The zero-order chi connectivity index (χ0) is 16.0. The summed E-state index contributed by atoms with van der Waals surface area (Å²) in [4.78, 5) is 27.0. The van der Waals surface area contributed by atoms with Crippen molar-refractivity contribution in [2.45, 2.75) is 59.2 Å². The summed E-state index contributed by atoms with van der Waals surface area (Å²) in [6.07, 6.45) is 1.07. The number of rotatable bonds is 3. The average molecular weight is 306 g/mol. The van der Waals surface area contributed by atoms with E-state index in [0.29, 0.717) is 31.0 Å². The Morgan fingerprint density at radius 3 is 2.50 bits per heavy atom. The van der Waals surface area contributed by atoms with Crippen molar-refractivity contribution < 1.29 is 0 Å². The molecule has 2 aliphatic heterocycles. The molecular weight excluding hydrogens is 280 g/mol. The highest BCUT2D eigenvalue weighted by Crippen LogP contribution is 2.37. The molecule has 2 atom stereocenters. The lowest BCUT2D eigenvalue weighted by molar-refractivity contribution is 0.133. The van der Waals surface area contributed by atoms with Gasteiger partial charge in [-0.25, -0.2) is 4.68 Å². The molecule has 1 saturated heterocycles. The van der Waals surface area contributed by atoms with Gasteiger partial charge in [0.2, 0.25) is 0 Å². The van der Waals surface area contributed by atoms with Crippen LogP contribution in [0.4, 0.5) is 0 Å². The van der Waals surface area contributed by atoms with E-state index < -0.39 is 11.1 Å². The number of hydrogen-bond donors (Lipinski definition) is 0. The molecule has 0 radical (unpaired) electrons. The molecule has 0 spiro atoms. The van der Waals surface area contributed by atoms with Gasteiger partial charge in [-0.05, 0) is 38.6 Å². The second-order valence-electron chi connectivity index (χ2n) is 7.40. The van der Waals surface area contributed by atoms with Crippen LogP contribution >= 0.6 is 0 Å². The van der Waals surface area contributed by atoms with Gasteiger partial charge in [0, 0.05) is 31.6 Å². The smallest absolute Gasteiger partial charge is 0.300 e. The maximum Gasteiger partial charge on any atom is 0.332 e. The van der Waals surface area contributed by atoms with Crippen LogP contribution in [0.1, 0.15) is 45.9 Å². The maximum atomic E-state index is 12.4. The second-order valence-corrected chi connectivity index (χ2v) is 7.40. The summed E-state index contributed by atoms with van der Waals surface area (Å²) in [6.45, 7) is 11.6. The molecule has 1 fully saturated rings. The first-order valence-electron chi connectivity index (χ1n) is 8.34. The molecular formula is C16H26N4O2. The zero-order valence-electron chi connectivity index (χ0n) is 14.0. The van der Waals surface area contributed by atoms with E-state index in [-0.39, 0.29) is 5.92 Å². The van der Waals surface area contributed by atoms with Gasteiger partial charge in [0.25, 0.3) is 0 Å². The molecule has 0 aromatic carbocycles. The fraction of sp³-hybridized carbons (Fsp3) is 0.812. The van der Waals surface area contributed by atoms with Gasteiger partial charge in [0.05, 0.1) is 0 Å². The van der Waals surface area contributed by atoms with Crippen LogP contribution in [0.2, 0.25) is 0 Å². The fourth-order valence-corrected chi connectivity index (χ4v) is 3.71. The third-order valence-corrected chi connectivity index (χ3v) is 4.97. The summed E-state index contributed by atoms with van der Waals surface area (Å²) in [7, 11) is 0. The lowest BCUT2D eigenvalue weighted by Gasteiger charge is -2.36. The topological polar surface area (TPSA) is 60.1 Å². The van der Waals surface area contributed by atoms with Crippen LogP contribution in [0.25, 0.3) is 0 Å². The van der Waals surface area contributed by atoms with Crippen molar-refractivity contribution in [2.75, 3.05) is 13.1 Å². The summed E-state index contributed by atoms with van der Waals surface area (Å²) in [5, 5.41) is 4.57. The number of nitrogens with zero attached hydrogens (tertiary/aromatic N) is 4. The van der Waals surface area contributed by atoms with E-state index in [1.54, 1.807) is 4.57 Å². The van der Waals surface area contributed by atoms with Crippen molar-refractivity contribution in [3.8, 4) is 0 Å². The predicted molar refractivity (Wildman–Crippen MR) is 85.2 cm³/mol. The molecule has 0 amide bonds. The largest absolute Gasteiger partial charge is 0.332 e. The van der Waals surface area contributed by atoms with Gasteiger partial charge < -0.3 is 4.90 Å². The Labute approximate surface area is 130 Å². The van der Waals surface area contributed by atoms with Crippen LogP contribution in [0.15, 0.2) is 9.59 Å². The van der Waals surface area contributed by atoms with Crippen molar-refractivity contribution in [3.63, 3.8) is 0 Å². The van der Waals surface area contributed by atoms with Crippen LogP contribution < -0.4 is 11.1 Å². The van der Waals surface area contributed by atoms with Crippen LogP contribution in [0.5, 0.6) is 0 Å². The third kappa shape index (κ3) is 2.53. The van der Waals surface area contributed by atoms with E-state index in [2.05, 4.69) is 23.8 Å². The Morgan fingerprint density at radius 2 is 1.86 bits per heavy atom. The van der Waals surface area contributed by atoms with Gasteiger partial charge in [-0.1, -0.05) is 13.8 Å². The molecule has 3 heterocycles. The standard InChI is InChI=1S/C16H26N4O2/c1-10(2)7-20-16(22)15(21)19-8-12-5-6-18(11(3)4)9-13(12)14(19)17-20/h10-13H,5-9H2,1-4H3/t12-,13-/m1/s1. The molecule has 0 bridgehead atoms. The van der Waals surface area contributed by atoms with Gasteiger partial charge in [-0.2, -0.15) is 5.10 Å². The molecule has 0 saturated carbocycles. The third-order valence-electron chi connectivity index (χ3n) is 4.97. The zero-order valence-corrected chi connectivity index (χ0v) is 14.0. The highest BCUT2D eigenvalue weighted by Gasteiger charge is 2.40. The van der Waals surface area contributed by atoms with Gasteiger partial charge >= 0.3 is 11.1 Å². The first kappa shape index (κ1) is 15.5. The van der Waals surface area contributed by atoms with E-state index in [1.807, 2.05) is 13.8 Å². The van der Waals surface area contributed by atoms with Crippen molar-refractivity contribution in [1.82, 2.24) is 19.2 Å². The van der Waals surface area contributed by atoms with Crippen LogP contribution in [-0.4, -0.2) is 38.4 Å². The normalized spacial score (nSPS) is 24.8. The average Bonchev–Trinajstić information content (AvgIpc) is 2.82. The number of hydrogen-bond acceptors (Lipinski definition) is 4. The summed E-state index contributed by atoms with van der Waals surface area (Å²) < 4.78 is 3.02. The molecule has 0 aliphatic carbocycles. The molecule has 122 valence electrons. The molecule has 6 nitrogen and oxygen atoms in total. The van der Waals surface area contributed by atoms with Gasteiger partial charge in [0.1, 0.15) is 5.82 Å². The summed E-state index contributed by atoms with van der Waals surface area (Å²) >= 11 is 0. The summed E-state index contributed by atoms with van der Waals surface area (Å²) in [5.41, 5.74) is -0.868. The Bertz CT molecular complexity index is 674. The molecule has 1 aromatic heterocycles. The first-order valence-corrected chi connectivity index (χ1v) is 8.34. The van der Waals surface area contributed by atoms with Gasteiger partial charge in [0.15, 0.2) is 0 Å². The fourth-order valence-electron chi connectivity index (χ4n) is 3.71. The highest BCUT2D eigenvalue weighted by atomic mass is 16.2. The van der Waals surface area contributed by atoms with E-state index in [0.717, 1.165) is 25.3 Å². The van der Waals surface area contributed by atoms with Crippen LogP contribution in [0.3, 0.4) is 0 Å². The Balaban J connectivity index is 2.00. The van der Waals surface area contributed by atoms with E-state index in [4.69, 9.17) is 0 Å². The lowest BCUT2D eigenvalue weighted by atomic mass is 9.87. The van der Waals surface area contributed by atoms with Crippen molar-refractivity contribution in [3.05, 3.63) is 26.5 Å². The Kier molecular flexibility index (Phi) is 3.97. The minimum atomic E-state index is -0.475. The minimum absolute atomic E-state index is 0.280. The Hall–Kier alpha value is -1.43. The van der Waals surface area contributed by atoms with E-state index >= 15 is 0 Å². The molecule has 22 heavy (non-hydrogen) atoms. The molecule has 1 aromatic rings. The van der Waals surface area contributed by atoms with Crippen LogP contribution in [0, 0.1) is 11.8 Å². The summed E-state index contributed by atoms with van der Waals surface area (Å²) in [5.74, 6) is 1.84. The van der Waals surface area contributed by atoms with Crippen LogP contribution in [-0.2, 0) is 13.1 Å². The molecule has 3 rings (SSSR count). The molecule has 6 heteroatoms. The minimum Gasteiger partial charge on any atom is -0.300 e. The molecule has 0 N–H and O–H groups in total. The lowest BCUT2D eigenvalue weighted by Crippen LogP contribution is -2.44. The van der Waals surface area contributed by atoms with Gasteiger partial charge in [-0.3, -0.25) is 14.2 Å². The van der Waals surface area contributed by atoms with E-state index in [1.165, 1.54) is 4.68 Å². The SMILES string of the molecule is CC(C)Cn1nc2n(c(=O)c1=O)C[C@H]1CCN(C(C)C)C[C@@H]21. The molecule has 2 aliphatic rings. The number of aromatic nitrogens is 3. The monoisotopic (exact) mass is 306 g/mol. The number of fused-ring (bicyclic) bond motifs is 3. The number of piperidine rings is 1. The summed E-state index contributed by atoms with van der Waals surface area (Å²) in [6, 6.07) is 0.503. The van der Waals surface area contributed by atoms with Crippen molar-refractivity contribution in [1.29, 1.82) is 0 Å². The number of likely N-dealkylation sites (tertiary alicyclic amines) is 1. The van der Waals surface area contributed by atoms with Crippen molar-refractivity contribution in [2.24, 2.45) is 11.8 Å². The Morgan fingerprint density at radius 1 is 1.14 bits per heavy atom. The second kappa shape index (κ2) is 5.65. The van der Waals surface area contributed by atoms with Crippen molar-refractivity contribution >= 4 is 0 Å². The maximum absolute atomic E-state index is 12.4. The quantitative estimate of drug-likeness (QED) is 0.778.